The first kappa shape index (κ1) is 17.6. The summed E-state index contributed by atoms with van der Waals surface area (Å²) in [5.74, 6) is -0.744. The van der Waals surface area contributed by atoms with Crippen molar-refractivity contribution in [3.05, 3.63) is 36.5 Å². The van der Waals surface area contributed by atoms with Crippen molar-refractivity contribution in [3.63, 3.8) is 0 Å². The second-order valence-electron chi connectivity index (χ2n) is 8.87. The summed E-state index contributed by atoms with van der Waals surface area (Å²) in [4.78, 5) is 42.4. The van der Waals surface area contributed by atoms with Gasteiger partial charge in [0.05, 0.1) is 17.4 Å². The van der Waals surface area contributed by atoms with Crippen LogP contribution in [0.5, 0.6) is 0 Å². The maximum absolute atomic E-state index is 13.2. The number of para-hydroxylation sites is 1. The van der Waals surface area contributed by atoms with Crippen LogP contribution in [0.15, 0.2) is 36.5 Å². The summed E-state index contributed by atoms with van der Waals surface area (Å²) in [5.41, 5.74) is -0.803. The molecule has 2 aromatic rings. The van der Waals surface area contributed by atoms with E-state index in [2.05, 4.69) is 15.6 Å². The number of imide groups is 1. The molecule has 140 valence electrons. The maximum atomic E-state index is 13.2. The predicted octanol–water partition coefficient (Wildman–Crippen LogP) is 3.03. The number of carbonyl (C=O) groups is 3. The predicted molar refractivity (Wildman–Crippen MR) is 102 cm³/mol. The minimum atomic E-state index is -0.819. The molecule has 2 bridgehead atoms. The molecule has 2 N–H and O–H groups in total. The number of hydrogen-bond donors (Lipinski definition) is 2. The van der Waals surface area contributed by atoms with Crippen LogP contribution in [0.1, 0.15) is 40.0 Å². The Balaban J connectivity index is 1.63. The largest absolute Gasteiger partial charge is 0.324 e. The number of rotatable bonds is 2. The maximum Gasteiger partial charge on any atom is 0.232 e. The summed E-state index contributed by atoms with van der Waals surface area (Å²) in [6.45, 7) is 5.53. The molecule has 0 radical (unpaired) electrons. The molecule has 1 aromatic carbocycles. The number of benzene rings is 1. The zero-order chi connectivity index (χ0) is 19.4. The van der Waals surface area contributed by atoms with Crippen LogP contribution in [-0.4, -0.2) is 22.7 Å². The van der Waals surface area contributed by atoms with E-state index in [1.54, 1.807) is 6.20 Å². The van der Waals surface area contributed by atoms with Crippen molar-refractivity contribution in [2.24, 2.45) is 16.2 Å². The molecule has 1 saturated heterocycles. The Morgan fingerprint density at radius 2 is 1.67 bits per heavy atom. The first-order valence-electron chi connectivity index (χ1n) is 9.16. The second kappa shape index (κ2) is 5.62. The fourth-order valence-corrected chi connectivity index (χ4v) is 5.08. The summed E-state index contributed by atoms with van der Waals surface area (Å²) in [6, 6.07) is 9.57. The van der Waals surface area contributed by atoms with E-state index >= 15 is 0 Å². The van der Waals surface area contributed by atoms with E-state index in [1.165, 1.54) is 0 Å². The second-order valence-corrected chi connectivity index (χ2v) is 8.87. The molecule has 2 fully saturated rings. The molecule has 6 heteroatoms. The molecule has 0 spiro atoms. The van der Waals surface area contributed by atoms with Crippen molar-refractivity contribution in [1.29, 1.82) is 0 Å². The molecule has 27 heavy (non-hydrogen) atoms. The van der Waals surface area contributed by atoms with Crippen LogP contribution in [0.25, 0.3) is 10.9 Å². The molecular weight excluding hydrogens is 342 g/mol. The van der Waals surface area contributed by atoms with Crippen LogP contribution in [-0.2, 0) is 14.4 Å². The van der Waals surface area contributed by atoms with E-state index in [-0.39, 0.29) is 17.7 Å². The average Bonchev–Trinajstić information content (AvgIpc) is 2.59. The summed E-state index contributed by atoms with van der Waals surface area (Å²) in [7, 11) is 0. The van der Waals surface area contributed by atoms with E-state index < -0.39 is 16.2 Å². The third kappa shape index (κ3) is 2.80. The van der Waals surface area contributed by atoms with Gasteiger partial charge in [-0.2, -0.15) is 0 Å². The van der Waals surface area contributed by atoms with Gasteiger partial charge in [0, 0.05) is 21.6 Å². The molecular formula is C21H23N3O3. The van der Waals surface area contributed by atoms with Gasteiger partial charge in [0.25, 0.3) is 0 Å². The van der Waals surface area contributed by atoms with Gasteiger partial charge in [0.1, 0.15) is 0 Å². The van der Waals surface area contributed by atoms with Gasteiger partial charge >= 0.3 is 0 Å². The lowest BCUT2D eigenvalue weighted by molar-refractivity contribution is -0.163. The van der Waals surface area contributed by atoms with Crippen LogP contribution in [0.2, 0.25) is 0 Å². The fourth-order valence-electron chi connectivity index (χ4n) is 5.08. The number of nitrogens with zero attached hydrogens (tertiary/aromatic N) is 1. The van der Waals surface area contributed by atoms with Gasteiger partial charge in [0.2, 0.25) is 17.7 Å². The van der Waals surface area contributed by atoms with Gasteiger partial charge in [-0.1, -0.05) is 39.0 Å². The van der Waals surface area contributed by atoms with Crippen LogP contribution < -0.4 is 10.6 Å². The first-order valence-corrected chi connectivity index (χ1v) is 9.16. The molecule has 1 aliphatic heterocycles. The van der Waals surface area contributed by atoms with E-state index in [1.807, 2.05) is 51.1 Å². The number of anilines is 1. The van der Waals surface area contributed by atoms with Crippen LogP contribution in [0.4, 0.5) is 5.69 Å². The van der Waals surface area contributed by atoms with Crippen LogP contribution in [0.3, 0.4) is 0 Å². The minimum Gasteiger partial charge on any atom is -0.324 e. The smallest absolute Gasteiger partial charge is 0.232 e. The van der Waals surface area contributed by atoms with Gasteiger partial charge in [-0.25, -0.2) is 0 Å². The number of amides is 3. The van der Waals surface area contributed by atoms with Gasteiger partial charge in [0.15, 0.2) is 0 Å². The Kier molecular flexibility index (Phi) is 3.67. The van der Waals surface area contributed by atoms with Crippen molar-refractivity contribution in [2.45, 2.75) is 40.0 Å². The lowest BCUT2D eigenvalue weighted by Gasteiger charge is -2.53. The molecule has 3 amide bonds. The Hall–Kier alpha value is -2.76. The molecule has 2 aliphatic rings. The summed E-state index contributed by atoms with van der Waals surface area (Å²) < 4.78 is 0. The molecule has 3 atom stereocenters. The minimum absolute atomic E-state index is 0.181. The summed E-state index contributed by atoms with van der Waals surface area (Å²) in [6.07, 6.45) is 2.92. The monoisotopic (exact) mass is 365 g/mol. The van der Waals surface area contributed by atoms with E-state index in [0.717, 1.165) is 10.9 Å². The zero-order valence-electron chi connectivity index (χ0n) is 15.8. The number of pyridine rings is 1. The number of fused-ring (bicyclic) bond motifs is 3. The van der Waals surface area contributed by atoms with Gasteiger partial charge < -0.3 is 5.32 Å². The lowest BCUT2D eigenvalue weighted by Crippen LogP contribution is -2.63. The quantitative estimate of drug-likeness (QED) is 0.801. The number of nitrogens with one attached hydrogen (secondary N) is 2. The highest BCUT2D eigenvalue weighted by molar-refractivity contribution is 6.05. The van der Waals surface area contributed by atoms with Gasteiger partial charge in [-0.15, -0.1) is 0 Å². The fraction of sp³-hybridized carbons (Fsp3) is 0.429. The normalized spacial score (nSPS) is 32.9. The third-order valence-corrected chi connectivity index (χ3v) is 6.06. The van der Waals surface area contributed by atoms with E-state index in [9.17, 15) is 14.4 Å². The molecule has 1 unspecified atom stereocenters. The molecule has 2 heterocycles. The third-order valence-electron chi connectivity index (χ3n) is 6.06. The van der Waals surface area contributed by atoms with Crippen LogP contribution >= 0.6 is 0 Å². The van der Waals surface area contributed by atoms with E-state index in [4.69, 9.17) is 0 Å². The van der Waals surface area contributed by atoms with Crippen molar-refractivity contribution >= 4 is 34.3 Å². The highest BCUT2D eigenvalue weighted by Crippen LogP contribution is 2.56. The van der Waals surface area contributed by atoms with Crippen molar-refractivity contribution in [3.8, 4) is 0 Å². The van der Waals surface area contributed by atoms with E-state index in [0.29, 0.717) is 24.9 Å². The molecule has 6 nitrogen and oxygen atoms in total. The first-order chi connectivity index (χ1) is 12.6. The standard InChI is InChI=1S/C21H23N3O3/c1-19(10-20(2)12-21(3,11-19)18(27)24-17(20)26)16(25)23-14-8-13-6-4-5-7-15(13)22-9-14/h4-9H,10-12H2,1-3H3,(H,23,25)(H,24,26,27)/t19?,20-,21+. The number of piperidine rings is 1. The Morgan fingerprint density at radius 3 is 2.33 bits per heavy atom. The summed E-state index contributed by atoms with van der Waals surface area (Å²) in [5, 5.41) is 6.38. The van der Waals surface area contributed by atoms with Crippen molar-refractivity contribution < 1.29 is 14.4 Å². The molecule has 1 saturated carbocycles. The number of carbonyl (C=O) groups excluding carboxylic acids is 3. The highest BCUT2D eigenvalue weighted by atomic mass is 16.2. The zero-order valence-corrected chi connectivity index (χ0v) is 15.8. The number of hydrogen-bond acceptors (Lipinski definition) is 4. The Morgan fingerprint density at radius 1 is 1.04 bits per heavy atom. The van der Waals surface area contributed by atoms with Gasteiger partial charge in [-0.3, -0.25) is 24.7 Å². The topological polar surface area (TPSA) is 88.2 Å². The van der Waals surface area contributed by atoms with Gasteiger partial charge in [-0.05, 0) is 31.4 Å². The Bertz CT molecular complexity index is 958. The lowest BCUT2D eigenvalue weighted by atomic mass is 9.52. The molecule has 1 aliphatic carbocycles. The molecule has 1 aromatic heterocycles. The summed E-state index contributed by atoms with van der Waals surface area (Å²) >= 11 is 0. The molecule has 4 rings (SSSR count). The number of aromatic nitrogens is 1. The van der Waals surface area contributed by atoms with Crippen molar-refractivity contribution in [2.75, 3.05) is 5.32 Å². The van der Waals surface area contributed by atoms with Crippen molar-refractivity contribution in [1.82, 2.24) is 10.3 Å². The average molecular weight is 365 g/mol. The van der Waals surface area contributed by atoms with Crippen LogP contribution in [0, 0.1) is 16.2 Å². The Labute approximate surface area is 157 Å². The highest BCUT2D eigenvalue weighted by Gasteiger charge is 2.60. The SMILES string of the molecule is CC1(C(=O)Nc2cnc3ccccc3c2)C[C@@]2(C)C[C@@](C)(C1)C(=O)NC2=O.